The van der Waals surface area contributed by atoms with E-state index in [9.17, 15) is 0 Å². The molecule has 0 unspecified atom stereocenters. The van der Waals surface area contributed by atoms with Crippen molar-refractivity contribution in [1.82, 2.24) is 9.88 Å². The fraction of sp³-hybridized carbons (Fsp3) is 0.154. The highest BCUT2D eigenvalue weighted by molar-refractivity contribution is 8.10. The highest BCUT2D eigenvalue weighted by atomic mass is 32.1. The maximum atomic E-state index is 5.15. The number of nitrogens with zero attached hydrogens (tertiary/aromatic N) is 2. The van der Waals surface area contributed by atoms with Gasteiger partial charge < -0.3 is 4.90 Å². The zero-order valence-electron chi connectivity index (χ0n) is 9.21. The van der Waals surface area contributed by atoms with E-state index in [4.69, 9.17) is 12.2 Å². The van der Waals surface area contributed by atoms with Crippen LogP contribution in [0.2, 0.25) is 0 Å². The van der Waals surface area contributed by atoms with Crippen molar-refractivity contribution in [2.45, 2.75) is 6.54 Å². The van der Waals surface area contributed by atoms with E-state index >= 15 is 0 Å². The molecule has 0 fully saturated rings. The molecule has 1 aromatic heterocycles. The number of pyridine rings is 1. The molecule has 0 N–H and O–H groups in total. The molecule has 17 heavy (non-hydrogen) atoms. The molecule has 1 aliphatic rings. The van der Waals surface area contributed by atoms with Crippen LogP contribution in [0.1, 0.15) is 5.56 Å². The Kier molecular flexibility index (Phi) is 4.15. The van der Waals surface area contributed by atoms with Crippen molar-refractivity contribution in [2.75, 3.05) is 6.54 Å². The van der Waals surface area contributed by atoms with Crippen molar-refractivity contribution in [2.24, 2.45) is 0 Å². The minimum absolute atomic E-state index is 0.587. The van der Waals surface area contributed by atoms with Crippen molar-refractivity contribution in [3.8, 4) is 0 Å². The summed E-state index contributed by atoms with van der Waals surface area (Å²) in [5.74, 6) is 0. The molecule has 0 radical (unpaired) electrons. The van der Waals surface area contributed by atoms with Gasteiger partial charge in [-0.15, -0.1) is 18.4 Å². The van der Waals surface area contributed by atoms with Gasteiger partial charge in [-0.2, -0.15) is 0 Å². The molecule has 4 heteroatoms. The van der Waals surface area contributed by atoms with Crippen LogP contribution in [0.4, 0.5) is 0 Å². The van der Waals surface area contributed by atoms with Crippen molar-refractivity contribution < 1.29 is 0 Å². The van der Waals surface area contributed by atoms with Crippen LogP contribution in [0, 0.1) is 0 Å². The Morgan fingerprint density at radius 3 is 2.94 bits per heavy atom. The highest BCUT2D eigenvalue weighted by Crippen LogP contribution is 2.11. The quantitative estimate of drug-likeness (QED) is 0.509. The van der Waals surface area contributed by atoms with Gasteiger partial charge in [0.15, 0.2) is 0 Å². The molecule has 86 valence electrons. The third-order valence-corrected chi connectivity index (χ3v) is 2.93. The third-order valence-electron chi connectivity index (χ3n) is 2.39. The Hall–Kier alpha value is -1.35. The standard InChI is InChI=1S/C13H12N2S2/c16-13(17)15(9-11-4-1-2-5-11)10-12-6-3-7-14-8-12/h1-4,6-8H,9-10H2,(H,16,17). The molecule has 0 bridgehead atoms. The molecule has 0 aliphatic heterocycles. The van der Waals surface area contributed by atoms with E-state index in [1.165, 1.54) is 0 Å². The molecule has 1 aromatic rings. The number of thiol groups is 1. The molecule has 0 saturated carbocycles. The molecular formula is C13H12N2S2. The highest BCUT2D eigenvalue weighted by Gasteiger charge is 2.09. The van der Waals surface area contributed by atoms with Gasteiger partial charge in [-0.3, -0.25) is 4.98 Å². The Morgan fingerprint density at radius 1 is 1.47 bits per heavy atom. The fourth-order valence-electron chi connectivity index (χ4n) is 1.57. The summed E-state index contributed by atoms with van der Waals surface area (Å²) in [5.41, 5.74) is 5.39. The molecule has 0 atom stereocenters. The lowest BCUT2D eigenvalue weighted by atomic mass is 10.2. The molecule has 2 rings (SSSR count). The van der Waals surface area contributed by atoms with Gasteiger partial charge in [-0.1, -0.05) is 24.4 Å². The number of allylic oxidation sites excluding steroid dienone is 1. The largest absolute Gasteiger partial charge is 0.348 e. The second-order valence-corrected chi connectivity index (χ2v) is 4.81. The van der Waals surface area contributed by atoms with E-state index in [1.54, 1.807) is 6.20 Å². The first-order valence-electron chi connectivity index (χ1n) is 5.25. The average molecular weight is 260 g/mol. The van der Waals surface area contributed by atoms with Gasteiger partial charge in [0, 0.05) is 24.5 Å². The zero-order valence-corrected chi connectivity index (χ0v) is 10.9. The summed E-state index contributed by atoms with van der Waals surface area (Å²) in [6.45, 7) is 1.44. The lowest BCUT2D eigenvalue weighted by Crippen LogP contribution is -2.27. The average Bonchev–Trinajstić information content (AvgIpc) is 2.82. The van der Waals surface area contributed by atoms with E-state index in [1.807, 2.05) is 41.5 Å². The van der Waals surface area contributed by atoms with Crippen LogP contribution >= 0.6 is 24.8 Å². The minimum Gasteiger partial charge on any atom is -0.348 e. The van der Waals surface area contributed by atoms with E-state index < -0.39 is 0 Å². The normalized spacial score (nSPS) is 12.6. The summed E-state index contributed by atoms with van der Waals surface area (Å²) in [7, 11) is 0. The summed E-state index contributed by atoms with van der Waals surface area (Å²) in [5, 5.41) is 0. The van der Waals surface area contributed by atoms with Crippen LogP contribution in [-0.2, 0) is 6.54 Å². The molecule has 1 heterocycles. The summed E-state index contributed by atoms with van der Waals surface area (Å²) in [6.07, 6.45) is 9.51. The van der Waals surface area contributed by atoms with Crippen molar-refractivity contribution in [3.05, 3.63) is 59.6 Å². The number of aromatic nitrogens is 1. The molecule has 0 amide bonds. The van der Waals surface area contributed by atoms with Crippen LogP contribution < -0.4 is 0 Å². The first-order valence-corrected chi connectivity index (χ1v) is 6.10. The second kappa shape index (κ2) is 5.82. The van der Waals surface area contributed by atoms with Gasteiger partial charge in [0.05, 0.1) is 6.54 Å². The smallest absolute Gasteiger partial charge is 0.133 e. The van der Waals surface area contributed by atoms with E-state index in [-0.39, 0.29) is 0 Å². The predicted octanol–water partition coefficient (Wildman–Crippen LogP) is 2.75. The zero-order chi connectivity index (χ0) is 12.1. The monoisotopic (exact) mass is 260 g/mol. The number of rotatable bonds is 4. The van der Waals surface area contributed by atoms with E-state index in [0.717, 1.165) is 24.2 Å². The van der Waals surface area contributed by atoms with Gasteiger partial charge in [0.25, 0.3) is 0 Å². The summed E-state index contributed by atoms with van der Waals surface area (Å²) in [6, 6.07) is 3.95. The van der Waals surface area contributed by atoms with E-state index in [2.05, 4.69) is 23.3 Å². The Bertz CT molecular complexity index is 499. The maximum absolute atomic E-state index is 5.15. The van der Waals surface area contributed by atoms with Crippen molar-refractivity contribution >= 4 is 29.2 Å². The predicted molar refractivity (Wildman–Crippen MR) is 77.0 cm³/mol. The number of hydrogen-bond acceptors (Lipinski definition) is 2. The van der Waals surface area contributed by atoms with Crippen LogP contribution in [0.3, 0.4) is 0 Å². The SMILES string of the molecule is S=C(S)N(CC1=C=CC=C1)Cc1cccnc1. The second-order valence-electron chi connectivity index (χ2n) is 3.70. The molecule has 0 spiro atoms. The van der Waals surface area contributed by atoms with Gasteiger partial charge in [-0.25, -0.2) is 0 Å². The van der Waals surface area contributed by atoms with Gasteiger partial charge in [0.2, 0.25) is 0 Å². The van der Waals surface area contributed by atoms with E-state index in [0.29, 0.717) is 4.32 Å². The molecular weight excluding hydrogens is 248 g/mol. The summed E-state index contributed by atoms with van der Waals surface area (Å²) < 4.78 is 0.587. The van der Waals surface area contributed by atoms with Gasteiger partial charge in [0.1, 0.15) is 4.32 Å². The summed E-state index contributed by atoms with van der Waals surface area (Å²) >= 11 is 9.40. The number of thiocarbonyl (C=S) groups is 1. The first-order chi connectivity index (χ1) is 8.25. The lowest BCUT2D eigenvalue weighted by molar-refractivity contribution is 0.466. The van der Waals surface area contributed by atoms with Crippen LogP contribution in [-0.4, -0.2) is 20.7 Å². The molecule has 1 aliphatic carbocycles. The van der Waals surface area contributed by atoms with Crippen molar-refractivity contribution in [3.63, 3.8) is 0 Å². The lowest BCUT2D eigenvalue weighted by Gasteiger charge is -2.22. The molecule has 0 saturated heterocycles. The maximum Gasteiger partial charge on any atom is 0.133 e. The Balaban J connectivity index is 2.05. The first kappa shape index (κ1) is 12.1. The number of hydrogen-bond donors (Lipinski definition) is 1. The Morgan fingerprint density at radius 2 is 2.35 bits per heavy atom. The van der Waals surface area contributed by atoms with Crippen LogP contribution in [0.25, 0.3) is 0 Å². The topological polar surface area (TPSA) is 16.1 Å². The van der Waals surface area contributed by atoms with Gasteiger partial charge >= 0.3 is 0 Å². The third kappa shape index (κ3) is 3.56. The van der Waals surface area contributed by atoms with Crippen LogP contribution in [0.5, 0.6) is 0 Å². The molecule has 2 nitrogen and oxygen atoms in total. The summed E-state index contributed by atoms with van der Waals surface area (Å²) in [4.78, 5) is 6.11. The minimum atomic E-state index is 0.587. The Labute approximate surface area is 112 Å². The van der Waals surface area contributed by atoms with Gasteiger partial charge in [-0.05, 0) is 23.8 Å². The van der Waals surface area contributed by atoms with Crippen LogP contribution in [0.15, 0.2) is 54.1 Å². The molecule has 0 aromatic carbocycles. The van der Waals surface area contributed by atoms with Crippen molar-refractivity contribution in [1.29, 1.82) is 0 Å². The fourth-order valence-corrected chi connectivity index (χ4v) is 1.85.